The Morgan fingerprint density at radius 2 is 1.73 bits per heavy atom. The number of carbonyl (C=O) groups is 1. The first kappa shape index (κ1) is 14.5. The number of nitrogens with zero attached hydrogens (tertiary/aromatic N) is 1. The van der Waals surface area contributed by atoms with Gasteiger partial charge in [0.15, 0.2) is 0 Å². The van der Waals surface area contributed by atoms with Crippen molar-refractivity contribution in [2.24, 2.45) is 0 Å². The zero-order valence-electron chi connectivity index (χ0n) is 11.9. The molecule has 0 unspecified atom stereocenters. The maximum atomic E-state index is 13.7. The molecule has 0 saturated carbocycles. The Hall–Kier alpha value is -2.43. The lowest BCUT2D eigenvalue weighted by molar-refractivity contribution is 0.0782. The van der Waals surface area contributed by atoms with Gasteiger partial charge in [-0.05, 0) is 30.7 Å². The smallest absolute Gasteiger partial charge is 0.259 e. The number of likely N-dealkylation sites (tertiary alicyclic amines) is 1. The number of nitrogens with one attached hydrogen (secondary N) is 1. The summed E-state index contributed by atoms with van der Waals surface area (Å²) in [5, 5.41) is 3.33. The van der Waals surface area contributed by atoms with Crippen LogP contribution < -0.4 is 5.32 Å². The Morgan fingerprint density at radius 3 is 2.41 bits per heavy atom. The van der Waals surface area contributed by atoms with E-state index in [1.165, 1.54) is 11.0 Å². The first-order valence-corrected chi connectivity index (χ1v) is 7.20. The highest BCUT2D eigenvalue weighted by molar-refractivity contribution is 5.95. The van der Waals surface area contributed by atoms with Gasteiger partial charge >= 0.3 is 0 Å². The van der Waals surface area contributed by atoms with Crippen molar-refractivity contribution < 1.29 is 13.6 Å². The quantitative estimate of drug-likeness (QED) is 0.943. The number of amides is 1. The van der Waals surface area contributed by atoms with Crippen molar-refractivity contribution in [1.29, 1.82) is 0 Å². The molecule has 0 bridgehead atoms. The molecule has 0 aromatic heterocycles. The SMILES string of the molecule is O=C(c1c(F)cccc1F)N1CC[C@H](Nc2ccccc2)C1. The number of hydrogen-bond donors (Lipinski definition) is 1. The van der Waals surface area contributed by atoms with Gasteiger partial charge < -0.3 is 10.2 Å². The highest BCUT2D eigenvalue weighted by Crippen LogP contribution is 2.20. The van der Waals surface area contributed by atoms with Crippen LogP contribution in [-0.4, -0.2) is 29.9 Å². The Morgan fingerprint density at radius 1 is 1.05 bits per heavy atom. The second-order valence-electron chi connectivity index (χ2n) is 5.34. The van der Waals surface area contributed by atoms with Crippen LogP contribution in [-0.2, 0) is 0 Å². The maximum Gasteiger partial charge on any atom is 0.259 e. The highest BCUT2D eigenvalue weighted by atomic mass is 19.1. The van der Waals surface area contributed by atoms with Gasteiger partial charge in [0.2, 0.25) is 0 Å². The van der Waals surface area contributed by atoms with Gasteiger partial charge in [0, 0.05) is 24.8 Å². The van der Waals surface area contributed by atoms with E-state index in [9.17, 15) is 13.6 Å². The van der Waals surface area contributed by atoms with Crippen molar-refractivity contribution in [3.05, 3.63) is 65.7 Å². The molecule has 1 fully saturated rings. The average Bonchev–Trinajstić information content (AvgIpc) is 2.96. The summed E-state index contributed by atoms with van der Waals surface area (Å²) in [7, 11) is 0. The lowest BCUT2D eigenvalue weighted by atomic mass is 10.1. The number of hydrogen-bond acceptors (Lipinski definition) is 2. The topological polar surface area (TPSA) is 32.3 Å². The Balaban J connectivity index is 1.69. The summed E-state index contributed by atoms with van der Waals surface area (Å²) in [6, 6.07) is 13.2. The van der Waals surface area contributed by atoms with Crippen LogP contribution in [0.5, 0.6) is 0 Å². The third-order valence-electron chi connectivity index (χ3n) is 3.80. The monoisotopic (exact) mass is 302 g/mol. The lowest BCUT2D eigenvalue weighted by Crippen LogP contribution is -2.32. The molecule has 3 nitrogen and oxygen atoms in total. The molecule has 114 valence electrons. The molecule has 2 aromatic carbocycles. The number of benzene rings is 2. The van der Waals surface area contributed by atoms with Crippen LogP contribution >= 0.6 is 0 Å². The zero-order valence-corrected chi connectivity index (χ0v) is 11.9. The number of halogens is 2. The van der Waals surface area contributed by atoms with Crippen molar-refractivity contribution in [1.82, 2.24) is 4.90 Å². The van der Waals surface area contributed by atoms with E-state index in [0.29, 0.717) is 13.1 Å². The Labute approximate surface area is 127 Å². The normalized spacial score (nSPS) is 17.5. The molecule has 5 heteroatoms. The number of para-hydroxylation sites is 1. The maximum absolute atomic E-state index is 13.7. The first-order chi connectivity index (χ1) is 10.6. The van der Waals surface area contributed by atoms with Crippen molar-refractivity contribution in [2.75, 3.05) is 18.4 Å². The molecule has 0 radical (unpaired) electrons. The fourth-order valence-corrected chi connectivity index (χ4v) is 2.69. The van der Waals surface area contributed by atoms with E-state index in [1.54, 1.807) is 0 Å². The van der Waals surface area contributed by atoms with Gasteiger partial charge in [0.05, 0.1) is 0 Å². The fourth-order valence-electron chi connectivity index (χ4n) is 2.69. The summed E-state index contributed by atoms with van der Waals surface area (Å²) >= 11 is 0. The van der Waals surface area contributed by atoms with Gasteiger partial charge in [-0.25, -0.2) is 8.78 Å². The molecule has 0 aliphatic carbocycles. The average molecular weight is 302 g/mol. The summed E-state index contributed by atoms with van der Waals surface area (Å²) in [4.78, 5) is 13.8. The molecular formula is C17H16F2N2O. The van der Waals surface area contributed by atoms with Crippen LogP contribution in [0.15, 0.2) is 48.5 Å². The first-order valence-electron chi connectivity index (χ1n) is 7.20. The zero-order chi connectivity index (χ0) is 15.5. The van der Waals surface area contributed by atoms with E-state index in [4.69, 9.17) is 0 Å². The minimum Gasteiger partial charge on any atom is -0.380 e. The van der Waals surface area contributed by atoms with E-state index < -0.39 is 23.1 Å². The molecule has 1 aliphatic rings. The predicted molar refractivity (Wildman–Crippen MR) is 80.7 cm³/mol. The molecule has 1 amide bonds. The van der Waals surface area contributed by atoms with Gasteiger partial charge in [-0.3, -0.25) is 4.79 Å². The van der Waals surface area contributed by atoms with Crippen molar-refractivity contribution in [2.45, 2.75) is 12.5 Å². The van der Waals surface area contributed by atoms with Crippen molar-refractivity contribution in [3.63, 3.8) is 0 Å². The minimum atomic E-state index is -0.815. The van der Waals surface area contributed by atoms with Crippen LogP contribution in [0.4, 0.5) is 14.5 Å². The molecular weight excluding hydrogens is 286 g/mol. The third-order valence-corrected chi connectivity index (χ3v) is 3.80. The lowest BCUT2D eigenvalue weighted by Gasteiger charge is -2.18. The van der Waals surface area contributed by atoms with E-state index in [-0.39, 0.29) is 6.04 Å². The molecule has 3 rings (SSSR count). The Kier molecular flexibility index (Phi) is 4.04. The second kappa shape index (κ2) is 6.13. The standard InChI is InChI=1S/C17H16F2N2O/c18-14-7-4-8-15(19)16(14)17(22)21-10-9-13(11-21)20-12-5-2-1-3-6-12/h1-8,13,20H,9-11H2/t13-/m0/s1. The molecule has 1 heterocycles. The number of carbonyl (C=O) groups excluding carboxylic acids is 1. The molecule has 1 aliphatic heterocycles. The van der Waals surface area contributed by atoms with E-state index in [2.05, 4.69) is 5.32 Å². The Bertz CT molecular complexity index is 655. The van der Waals surface area contributed by atoms with E-state index in [1.807, 2.05) is 30.3 Å². The van der Waals surface area contributed by atoms with Crippen molar-refractivity contribution >= 4 is 11.6 Å². The summed E-state index contributed by atoms with van der Waals surface area (Å²) in [6.45, 7) is 0.915. The number of rotatable bonds is 3. The summed E-state index contributed by atoms with van der Waals surface area (Å²) in [6.07, 6.45) is 0.747. The number of anilines is 1. The highest BCUT2D eigenvalue weighted by Gasteiger charge is 2.29. The molecule has 1 atom stereocenters. The minimum absolute atomic E-state index is 0.0844. The van der Waals surface area contributed by atoms with Gasteiger partial charge in [-0.2, -0.15) is 0 Å². The largest absolute Gasteiger partial charge is 0.380 e. The van der Waals surface area contributed by atoms with Crippen molar-refractivity contribution in [3.8, 4) is 0 Å². The second-order valence-corrected chi connectivity index (χ2v) is 5.34. The van der Waals surface area contributed by atoms with Gasteiger partial charge in [-0.15, -0.1) is 0 Å². The summed E-state index contributed by atoms with van der Waals surface area (Å²) in [5.41, 5.74) is 0.502. The van der Waals surface area contributed by atoms with Gasteiger partial charge in [0.1, 0.15) is 17.2 Å². The molecule has 1 saturated heterocycles. The molecule has 2 aromatic rings. The summed E-state index contributed by atoms with van der Waals surface area (Å²) in [5.74, 6) is -2.22. The molecule has 1 N–H and O–H groups in total. The van der Waals surface area contributed by atoms with Gasteiger partial charge in [-0.1, -0.05) is 24.3 Å². The van der Waals surface area contributed by atoms with Crippen LogP contribution in [0.2, 0.25) is 0 Å². The third kappa shape index (κ3) is 2.93. The summed E-state index contributed by atoms with van der Waals surface area (Å²) < 4.78 is 27.4. The van der Waals surface area contributed by atoms with Gasteiger partial charge in [0.25, 0.3) is 5.91 Å². The van der Waals surface area contributed by atoms with E-state index in [0.717, 1.165) is 24.2 Å². The molecule has 22 heavy (non-hydrogen) atoms. The fraction of sp³-hybridized carbons (Fsp3) is 0.235. The van der Waals surface area contributed by atoms with Crippen LogP contribution in [0, 0.1) is 11.6 Å². The predicted octanol–water partition coefficient (Wildman–Crippen LogP) is 3.29. The molecule has 0 spiro atoms. The van der Waals surface area contributed by atoms with Crippen LogP contribution in [0.3, 0.4) is 0 Å². The van der Waals surface area contributed by atoms with Crippen LogP contribution in [0.25, 0.3) is 0 Å². The van der Waals surface area contributed by atoms with Crippen LogP contribution in [0.1, 0.15) is 16.8 Å². The van der Waals surface area contributed by atoms with E-state index >= 15 is 0 Å².